The van der Waals surface area contributed by atoms with Crippen molar-refractivity contribution in [2.24, 2.45) is 5.84 Å². The summed E-state index contributed by atoms with van der Waals surface area (Å²) in [4.78, 5) is 7.97. The van der Waals surface area contributed by atoms with Crippen LogP contribution in [0.25, 0.3) is 0 Å². The fourth-order valence-electron chi connectivity index (χ4n) is 1.42. The second-order valence-corrected chi connectivity index (χ2v) is 4.47. The normalized spacial score (nSPS) is 10.2. The molecule has 2 rings (SSSR count). The van der Waals surface area contributed by atoms with E-state index in [1.165, 1.54) is 6.07 Å². The van der Waals surface area contributed by atoms with Crippen LogP contribution in [-0.4, -0.2) is 9.97 Å². The maximum Gasteiger partial charge on any atom is 0.239 e. The van der Waals surface area contributed by atoms with Crippen molar-refractivity contribution in [1.29, 1.82) is 0 Å². The van der Waals surface area contributed by atoms with Gasteiger partial charge >= 0.3 is 0 Å². The molecule has 0 atom stereocenters. The number of aryl methyl sites for hydroxylation is 1. The van der Waals surface area contributed by atoms with Crippen molar-refractivity contribution in [2.45, 2.75) is 6.92 Å². The fourth-order valence-corrected chi connectivity index (χ4v) is 1.87. The molecule has 0 aliphatic heterocycles. The molecule has 1 aromatic heterocycles. The summed E-state index contributed by atoms with van der Waals surface area (Å²) >= 11 is 3.13. The molecule has 0 saturated heterocycles. The molecule has 5 nitrogen and oxygen atoms in total. The average molecular weight is 312 g/mol. The predicted octanol–water partition coefficient (Wildman–Crippen LogP) is 2.72. The SMILES string of the molecule is Cc1cc(Br)c(F)cc1Nc1ccnc(NN)n1. The fraction of sp³-hybridized carbons (Fsp3) is 0.0909. The summed E-state index contributed by atoms with van der Waals surface area (Å²) in [6.07, 6.45) is 1.55. The summed E-state index contributed by atoms with van der Waals surface area (Å²) in [7, 11) is 0. The van der Waals surface area contributed by atoms with E-state index in [9.17, 15) is 4.39 Å². The Hall–Kier alpha value is -1.73. The van der Waals surface area contributed by atoms with Crippen LogP contribution in [0.15, 0.2) is 28.9 Å². The molecule has 1 heterocycles. The number of anilines is 3. The first-order valence-electron chi connectivity index (χ1n) is 5.12. The summed E-state index contributed by atoms with van der Waals surface area (Å²) in [5, 5.41) is 3.01. The molecule has 2 aromatic rings. The number of aromatic nitrogens is 2. The van der Waals surface area contributed by atoms with E-state index < -0.39 is 0 Å². The first-order chi connectivity index (χ1) is 8.60. The standard InChI is InChI=1S/C11H11BrFN5/c1-6-4-7(12)8(13)5-9(6)16-10-2-3-15-11(17-10)18-14/h2-5H,14H2,1H3,(H2,15,16,17,18). The van der Waals surface area contributed by atoms with Gasteiger partial charge in [-0.2, -0.15) is 4.98 Å². The van der Waals surface area contributed by atoms with Crippen LogP contribution in [-0.2, 0) is 0 Å². The van der Waals surface area contributed by atoms with Gasteiger partial charge in [-0.3, -0.25) is 5.43 Å². The van der Waals surface area contributed by atoms with E-state index in [1.807, 2.05) is 6.92 Å². The number of nitrogens with one attached hydrogen (secondary N) is 2. The van der Waals surface area contributed by atoms with Crippen LogP contribution in [0.4, 0.5) is 21.8 Å². The molecule has 18 heavy (non-hydrogen) atoms. The van der Waals surface area contributed by atoms with Gasteiger partial charge in [0, 0.05) is 11.9 Å². The van der Waals surface area contributed by atoms with Gasteiger partial charge in [0.2, 0.25) is 5.95 Å². The van der Waals surface area contributed by atoms with Crippen molar-refractivity contribution in [3.63, 3.8) is 0 Å². The smallest absolute Gasteiger partial charge is 0.239 e. The molecule has 7 heteroatoms. The molecule has 0 aliphatic rings. The van der Waals surface area contributed by atoms with E-state index in [0.717, 1.165) is 5.56 Å². The molecule has 4 N–H and O–H groups in total. The first-order valence-corrected chi connectivity index (χ1v) is 5.92. The van der Waals surface area contributed by atoms with Crippen molar-refractivity contribution in [3.8, 4) is 0 Å². The van der Waals surface area contributed by atoms with E-state index in [2.05, 4.69) is 36.6 Å². The van der Waals surface area contributed by atoms with Gasteiger partial charge < -0.3 is 5.32 Å². The Kier molecular flexibility index (Phi) is 3.73. The maximum atomic E-state index is 13.5. The highest BCUT2D eigenvalue weighted by atomic mass is 79.9. The monoisotopic (exact) mass is 311 g/mol. The average Bonchev–Trinajstić information content (AvgIpc) is 2.36. The Morgan fingerprint density at radius 3 is 2.89 bits per heavy atom. The number of halogens is 2. The highest BCUT2D eigenvalue weighted by Crippen LogP contribution is 2.26. The van der Waals surface area contributed by atoms with Crippen LogP contribution >= 0.6 is 15.9 Å². The number of nitrogens with two attached hydrogens (primary N) is 1. The molecule has 1 aromatic carbocycles. The number of rotatable bonds is 3. The summed E-state index contributed by atoms with van der Waals surface area (Å²) in [5.41, 5.74) is 3.87. The van der Waals surface area contributed by atoms with Crippen molar-refractivity contribution in [2.75, 3.05) is 10.7 Å². The van der Waals surface area contributed by atoms with E-state index in [1.54, 1.807) is 18.3 Å². The van der Waals surface area contributed by atoms with Gasteiger partial charge in [0.25, 0.3) is 0 Å². The van der Waals surface area contributed by atoms with Gasteiger partial charge in [-0.1, -0.05) is 0 Å². The van der Waals surface area contributed by atoms with Gasteiger partial charge in [0.05, 0.1) is 4.47 Å². The summed E-state index contributed by atoms with van der Waals surface area (Å²) in [5.74, 6) is 5.70. The topological polar surface area (TPSA) is 75.9 Å². The van der Waals surface area contributed by atoms with Crippen LogP contribution < -0.4 is 16.6 Å². The van der Waals surface area contributed by atoms with Crippen molar-refractivity contribution < 1.29 is 4.39 Å². The minimum absolute atomic E-state index is 0.287. The number of hydrazine groups is 1. The Morgan fingerprint density at radius 1 is 1.39 bits per heavy atom. The van der Waals surface area contributed by atoms with Crippen LogP contribution in [0.1, 0.15) is 5.56 Å². The van der Waals surface area contributed by atoms with E-state index in [4.69, 9.17) is 5.84 Å². The molecule has 94 valence electrons. The second-order valence-electron chi connectivity index (χ2n) is 3.62. The summed E-state index contributed by atoms with van der Waals surface area (Å²) < 4.78 is 13.9. The number of nitrogen functional groups attached to an aromatic ring is 1. The molecular formula is C11H11BrFN5. The molecule has 0 radical (unpaired) electrons. The number of benzene rings is 1. The highest BCUT2D eigenvalue weighted by molar-refractivity contribution is 9.10. The van der Waals surface area contributed by atoms with Crippen LogP contribution in [0.3, 0.4) is 0 Å². The van der Waals surface area contributed by atoms with Gasteiger partial charge in [0.15, 0.2) is 0 Å². The van der Waals surface area contributed by atoms with Gasteiger partial charge in [-0.15, -0.1) is 0 Å². The molecule has 0 spiro atoms. The molecule has 0 unspecified atom stereocenters. The lowest BCUT2D eigenvalue weighted by Gasteiger charge is -2.10. The third-order valence-corrected chi connectivity index (χ3v) is 2.92. The van der Waals surface area contributed by atoms with Crippen molar-refractivity contribution >= 4 is 33.4 Å². The van der Waals surface area contributed by atoms with E-state index in [0.29, 0.717) is 16.0 Å². The van der Waals surface area contributed by atoms with Crippen molar-refractivity contribution in [1.82, 2.24) is 9.97 Å². The minimum atomic E-state index is -0.339. The number of hydrogen-bond donors (Lipinski definition) is 3. The lowest BCUT2D eigenvalue weighted by molar-refractivity contribution is 0.621. The lowest BCUT2D eigenvalue weighted by Crippen LogP contribution is -2.11. The zero-order chi connectivity index (χ0) is 13.1. The third kappa shape index (κ3) is 2.74. The minimum Gasteiger partial charge on any atom is -0.340 e. The zero-order valence-electron chi connectivity index (χ0n) is 9.54. The Balaban J connectivity index is 2.30. The van der Waals surface area contributed by atoms with Crippen LogP contribution in [0.2, 0.25) is 0 Å². The van der Waals surface area contributed by atoms with Crippen LogP contribution in [0, 0.1) is 12.7 Å². The number of hydrogen-bond acceptors (Lipinski definition) is 5. The first kappa shape index (κ1) is 12.7. The lowest BCUT2D eigenvalue weighted by atomic mass is 10.2. The Bertz CT molecular complexity index is 575. The van der Waals surface area contributed by atoms with Gasteiger partial charge in [-0.25, -0.2) is 15.2 Å². The van der Waals surface area contributed by atoms with E-state index in [-0.39, 0.29) is 11.8 Å². The molecule has 0 bridgehead atoms. The summed E-state index contributed by atoms with van der Waals surface area (Å²) in [6.45, 7) is 1.87. The molecule has 0 amide bonds. The Morgan fingerprint density at radius 2 is 2.17 bits per heavy atom. The van der Waals surface area contributed by atoms with Gasteiger partial charge in [0.1, 0.15) is 11.6 Å². The van der Waals surface area contributed by atoms with Crippen molar-refractivity contribution in [3.05, 3.63) is 40.2 Å². The number of nitrogens with zero attached hydrogens (tertiary/aromatic N) is 2. The largest absolute Gasteiger partial charge is 0.340 e. The van der Waals surface area contributed by atoms with E-state index >= 15 is 0 Å². The zero-order valence-corrected chi connectivity index (χ0v) is 11.1. The summed E-state index contributed by atoms with van der Waals surface area (Å²) in [6, 6.07) is 4.76. The molecular weight excluding hydrogens is 301 g/mol. The second kappa shape index (κ2) is 5.28. The van der Waals surface area contributed by atoms with Gasteiger partial charge in [-0.05, 0) is 46.6 Å². The molecule has 0 saturated carbocycles. The maximum absolute atomic E-state index is 13.5. The van der Waals surface area contributed by atoms with Crippen LogP contribution in [0.5, 0.6) is 0 Å². The highest BCUT2D eigenvalue weighted by Gasteiger charge is 2.06. The quantitative estimate of drug-likeness (QED) is 0.600. The third-order valence-electron chi connectivity index (χ3n) is 2.31. The molecule has 0 aliphatic carbocycles. The molecule has 0 fully saturated rings. The Labute approximate surface area is 112 Å². The predicted molar refractivity (Wildman–Crippen MR) is 72.0 cm³/mol.